The Morgan fingerprint density at radius 1 is 1.12 bits per heavy atom. The predicted octanol–water partition coefficient (Wildman–Crippen LogP) is 6.32. The summed E-state index contributed by atoms with van der Waals surface area (Å²) in [6.45, 7) is 5.92. The van der Waals surface area contributed by atoms with E-state index in [0.717, 1.165) is 14.7 Å². The molecular weight excluding hydrogens is 645 g/mol. The maximum absolute atomic E-state index is 13.7. The molecule has 4 aromatic rings. The number of carboxylic acid groups (broad SMARTS) is 1. The number of fused-ring (bicyclic) bond motifs is 1. The molecule has 0 fully saturated rings. The molecule has 0 aliphatic rings. The summed E-state index contributed by atoms with van der Waals surface area (Å²) in [7, 11) is 0. The quantitative estimate of drug-likeness (QED) is 0.135. The number of aromatic amines is 1. The van der Waals surface area contributed by atoms with E-state index < -0.39 is 23.5 Å². The fourth-order valence-electron chi connectivity index (χ4n) is 4.40. The van der Waals surface area contributed by atoms with Crippen molar-refractivity contribution in [2.45, 2.75) is 45.5 Å². The number of carbonyl (C=O) groups excluding carboxylic acids is 2. The first kappa shape index (κ1) is 29.4. The van der Waals surface area contributed by atoms with Gasteiger partial charge in [-0.25, -0.2) is 4.79 Å². The number of halogens is 2. The van der Waals surface area contributed by atoms with Crippen LogP contribution in [0.2, 0.25) is 5.02 Å². The molecule has 0 radical (unpaired) electrons. The molecule has 40 heavy (non-hydrogen) atoms. The fraction of sp³-hybridized carbons (Fsp3) is 0.233. The van der Waals surface area contributed by atoms with Gasteiger partial charge in [0, 0.05) is 42.7 Å². The van der Waals surface area contributed by atoms with Gasteiger partial charge in [-0.1, -0.05) is 48.0 Å². The number of nitrogens with zero attached hydrogens (tertiary/aromatic N) is 1. The molecule has 0 spiro atoms. The third-order valence-corrected chi connectivity index (χ3v) is 7.43. The Balaban J connectivity index is 1.66. The number of aromatic carboxylic acids is 1. The van der Waals surface area contributed by atoms with Gasteiger partial charge in [0.1, 0.15) is 24.1 Å². The Morgan fingerprint density at radius 2 is 1.82 bits per heavy atom. The molecule has 3 aromatic carbocycles. The van der Waals surface area contributed by atoms with E-state index in [4.69, 9.17) is 16.3 Å². The number of carbonyl (C=O) groups is 3. The summed E-state index contributed by atoms with van der Waals surface area (Å²) in [5, 5.41) is 13.8. The van der Waals surface area contributed by atoms with E-state index in [9.17, 15) is 19.5 Å². The molecule has 1 heterocycles. The van der Waals surface area contributed by atoms with Gasteiger partial charge in [0.2, 0.25) is 12.3 Å². The van der Waals surface area contributed by atoms with Crippen molar-refractivity contribution in [1.82, 2.24) is 15.2 Å². The van der Waals surface area contributed by atoms with E-state index in [1.54, 1.807) is 30.3 Å². The van der Waals surface area contributed by atoms with Crippen molar-refractivity contribution in [2.75, 3.05) is 0 Å². The molecule has 8 nitrogen and oxygen atoms in total. The first-order chi connectivity index (χ1) is 19.0. The van der Waals surface area contributed by atoms with Crippen molar-refractivity contribution in [3.05, 3.63) is 97.7 Å². The van der Waals surface area contributed by atoms with Crippen LogP contribution in [0.4, 0.5) is 0 Å². The Bertz CT molecular complexity index is 1550. The number of ether oxygens (including phenoxy) is 1. The summed E-state index contributed by atoms with van der Waals surface area (Å²) < 4.78 is 7.04. The van der Waals surface area contributed by atoms with Crippen molar-refractivity contribution >= 4 is 63.4 Å². The van der Waals surface area contributed by atoms with Gasteiger partial charge in [0.15, 0.2) is 0 Å². The van der Waals surface area contributed by atoms with Crippen molar-refractivity contribution in [3.8, 4) is 5.75 Å². The highest BCUT2D eigenvalue weighted by Crippen LogP contribution is 2.34. The second-order valence-electron chi connectivity index (χ2n) is 10.4. The van der Waals surface area contributed by atoms with Crippen LogP contribution < -0.4 is 10.1 Å². The van der Waals surface area contributed by atoms with E-state index in [0.29, 0.717) is 34.7 Å². The number of carboxylic acids is 1. The Morgan fingerprint density at radius 3 is 2.45 bits per heavy atom. The molecule has 1 unspecified atom stereocenters. The Labute approximate surface area is 250 Å². The summed E-state index contributed by atoms with van der Waals surface area (Å²) >= 11 is 8.41. The summed E-state index contributed by atoms with van der Waals surface area (Å²) in [5.74, 6) is -1.10. The smallest absolute Gasteiger partial charge is 0.352 e. The average molecular weight is 674 g/mol. The first-order valence-corrected chi connectivity index (χ1v) is 13.9. The van der Waals surface area contributed by atoms with Gasteiger partial charge in [-0.05, 0) is 79.3 Å². The highest BCUT2D eigenvalue weighted by molar-refractivity contribution is 14.1. The third kappa shape index (κ3) is 6.95. The van der Waals surface area contributed by atoms with Crippen LogP contribution in [0, 0.1) is 3.57 Å². The minimum absolute atomic E-state index is 0.0575. The molecule has 0 aliphatic heterocycles. The largest absolute Gasteiger partial charge is 0.489 e. The molecule has 1 atom stereocenters. The molecular formula is C30H29ClIN3O5. The lowest BCUT2D eigenvalue weighted by atomic mass is 9.98. The monoisotopic (exact) mass is 673 g/mol. The lowest BCUT2D eigenvalue weighted by Gasteiger charge is -2.31. The summed E-state index contributed by atoms with van der Waals surface area (Å²) in [6.07, 6.45) is 0.565. The van der Waals surface area contributed by atoms with Crippen molar-refractivity contribution in [2.24, 2.45) is 0 Å². The maximum atomic E-state index is 13.7. The van der Waals surface area contributed by atoms with Crippen LogP contribution in [0.1, 0.15) is 54.0 Å². The van der Waals surface area contributed by atoms with Gasteiger partial charge >= 0.3 is 5.97 Å². The number of aromatic nitrogens is 1. The maximum Gasteiger partial charge on any atom is 0.352 e. The minimum Gasteiger partial charge on any atom is -0.489 e. The van der Waals surface area contributed by atoms with E-state index in [1.807, 2.05) is 57.2 Å². The van der Waals surface area contributed by atoms with Crippen LogP contribution in [0.15, 0.2) is 66.7 Å². The van der Waals surface area contributed by atoms with Gasteiger partial charge < -0.3 is 25.0 Å². The molecule has 0 aliphatic carbocycles. The molecule has 208 valence electrons. The molecule has 0 saturated heterocycles. The van der Waals surface area contributed by atoms with Crippen molar-refractivity contribution in [3.63, 3.8) is 0 Å². The van der Waals surface area contributed by atoms with Crippen molar-refractivity contribution < 1.29 is 24.2 Å². The second kappa shape index (κ2) is 12.3. The predicted molar refractivity (Wildman–Crippen MR) is 162 cm³/mol. The Hall–Kier alpha value is -3.57. The lowest BCUT2D eigenvalue weighted by molar-refractivity contribution is -0.134. The van der Waals surface area contributed by atoms with Gasteiger partial charge in [-0.2, -0.15) is 0 Å². The van der Waals surface area contributed by atoms with E-state index in [1.165, 1.54) is 4.90 Å². The second-order valence-corrected chi connectivity index (χ2v) is 12.0. The van der Waals surface area contributed by atoms with Gasteiger partial charge in [-0.3, -0.25) is 9.59 Å². The molecule has 0 saturated carbocycles. The van der Waals surface area contributed by atoms with Crippen LogP contribution in [0.25, 0.3) is 10.9 Å². The normalized spacial score (nSPS) is 12.1. The molecule has 0 bridgehead atoms. The number of benzene rings is 3. The molecule has 10 heteroatoms. The van der Waals surface area contributed by atoms with E-state index >= 15 is 0 Å². The standard InChI is InChI=1S/C30H29ClIN3O5/c1-30(2,3)34-28(37)27(25-22-13-10-20(31)14-24(22)33-26(25)29(38)39)35(17-36)15-18-8-11-21(12-9-18)40-16-19-6-4-5-7-23(19)32/h4-14,17,27,33H,15-16H2,1-3H3,(H,34,37)(H,38,39). The first-order valence-electron chi connectivity index (χ1n) is 12.5. The average Bonchev–Trinajstić information content (AvgIpc) is 3.26. The molecule has 4 rings (SSSR count). The number of hydrogen-bond donors (Lipinski definition) is 3. The van der Waals surface area contributed by atoms with Crippen LogP contribution >= 0.6 is 34.2 Å². The molecule has 3 N–H and O–H groups in total. The topological polar surface area (TPSA) is 112 Å². The number of rotatable bonds is 10. The highest BCUT2D eigenvalue weighted by Gasteiger charge is 2.35. The molecule has 1 aromatic heterocycles. The Kier molecular flexibility index (Phi) is 9.05. The number of nitrogens with one attached hydrogen (secondary N) is 2. The zero-order valence-electron chi connectivity index (χ0n) is 22.2. The van der Waals surface area contributed by atoms with Gasteiger partial charge in [-0.15, -0.1) is 0 Å². The van der Waals surface area contributed by atoms with Crippen LogP contribution in [-0.2, 0) is 22.7 Å². The number of amides is 2. The summed E-state index contributed by atoms with van der Waals surface area (Å²) in [4.78, 5) is 42.6. The van der Waals surface area contributed by atoms with Crippen LogP contribution in [0.5, 0.6) is 5.75 Å². The minimum atomic E-state index is -1.25. The summed E-state index contributed by atoms with van der Waals surface area (Å²) in [5.41, 5.74) is 1.64. The molecule has 2 amide bonds. The van der Waals surface area contributed by atoms with E-state index in [-0.39, 0.29) is 17.8 Å². The van der Waals surface area contributed by atoms with Gasteiger partial charge in [0.25, 0.3) is 0 Å². The fourth-order valence-corrected chi connectivity index (χ4v) is 5.11. The van der Waals surface area contributed by atoms with Crippen LogP contribution in [0.3, 0.4) is 0 Å². The number of hydrogen-bond acceptors (Lipinski definition) is 4. The number of H-pyrrole nitrogens is 1. The lowest BCUT2D eigenvalue weighted by Crippen LogP contribution is -2.47. The third-order valence-electron chi connectivity index (χ3n) is 6.14. The van der Waals surface area contributed by atoms with Crippen LogP contribution in [-0.4, -0.2) is 38.8 Å². The van der Waals surface area contributed by atoms with Crippen molar-refractivity contribution in [1.29, 1.82) is 0 Å². The van der Waals surface area contributed by atoms with E-state index in [2.05, 4.69) is 32.9 Å². The zero-order chi connectivity index (χ0) is 29.0. The zero-order valence-corrected chi connectivity index (χ0v) is 25.1. The van der Waals surface area contributed by atoms with Gasteiger partial charge in [0.05, 0.1) is 0 Å². The highest BCUT2D eigenvalue weighted by atomic mass is 127. The summed E-state index contributed by atoms with van der Waals surface area (Å²) in [6, 6.07) is 18.8. The SMILES string of the molecule is CC(C)(C)NC(=O)C(c1c(C(=O)O)[nH]c2cc(Cl)ccc12)N(C=O)Cc1ccc(OCc2ccccc2I)cc1.